The van der Waals surface area contributed by atoms with Crippen molar-refractivity contribution in [2.45, 2.75) is 31.1 Å². The summed E-state index contributed by atoms with van der Waals surface area (Å²) in [7, 11) is 1.50. The van der Waals surface area contributed by atoms with Gasteiger partial charge >= 0.3 is 0 Å². The molecule has 4 rings (SSSR count). The molecule has 2 N–H and O–H groups in total. The molecule has 1 fully saturated rings. The Kier molecular flexibility index (Phi) is 5.65. The molecule has 1 aromatic heterocycles. The normalized spacial score (nSPS) is 23.9. The number of nitriles is 1. The van der Waals surface area contributed by atoms with Gasteiger partial charge in [0.25, 0.3) is 6.02 Å². The summed E-state index contributed by atoms with van der Waals surface area (Å²) in [6.45, 7) is -0.623. The SMILES string of the molecule is COCc1cc(C#N)cnc1C(=O)Cc1ccc(Cl)c([C@@]2(CF)N=C(N)O[C@@H]3C[C@@H]32)c1. The Hall–Kier alpha value is -3.02. The van der Waals surface area contributed by atoms with E-state index in [1.165, 1.54) is 13.3 Å². The van der Waals surface area contributed by atoms with E-state index in [1.807, 2.05) is 6.07 Å². The minimum atomic E-state index is -1.21. The maximum atomic E-state index is 14.3. The van der Waals surface area contributed by atoms with Crippen molar-refractivity contribution >= 4 is 23.4 Å². The first-order valence-electron chi connectivity index (χ1n) is 9.70. The molecule has 1 aromatic carbocycles. The summed E-state index contributed by atoms with van der Waals surface area (Å²) < 4.78 is 24.9. The number of fused-ring (bicyclic) bond motifs is 1. The Morgan fingerprint density at radius 3 is 3.00 bits per heavy atom. The molecule has 1 aliphatic carbocycles. The third-order valence-electron chi connectivity index (χ3n) is 5.65. The molecule has 0 unspecified atom stereocenters. The van der Waals surface area contributed by atoms with Crippen LogP contribution < -0.4 is 5.73 Å². The highest BCUT2D eigenvalue weighted by Gasteiger charge is 2.59. The van der Waals surface area contributed by atoms with Gasteiger partial charge in [0.2, 0.25) is 0 Å². The van der Waals surface area contributed by atoms with Crippen LogP contribution in [-0.4, -0.2) is 36.7 Å². The van der Waals surface area contributed by atoms with Crippen LogP contribution in [0.25, 0.3) is 0 Å². The number of nitrogens with zero attached hydrogens (tertiary/aromatic N) is 3. The first-order chi connectivity index (χ1) is 14.9. The van der Waals surface area contributed by atoms with Crippen molar-refractivity contribution in [3.8, 4) is 6.07 Å². The number of methoxy groups -OCH3 is 1. The van der Waals surface area contributed by atoms with Crippen molar-refractivity contribution in [2.75, 3.05) is 13.8 Å². The van der Waals surface area contributed by atoms with Crippen molar-refractivity contribution in [3.05, 3.63) is 63.4 Å². The van der Waals surface area contributed by atoms with Crippen LogP contribution in [0.4, 0.5) is 4.39 Å². The van der Waals surface area contributed by atoms with Crippen molar-refractivity contribution in [2.24, 2.45) is 16.6 Å². The van der Waals surface area contributed by atoms with E-state index in [9.17, 15) is 9.18 Å². The van der Waals surface area contributed by atoms with E-state index >= 15 is 0 Å². The lowest BCUT2D eigenvalue weighted by Crippen LogP contribution is -2.39. The summed E-state index contributed by atoms with van der Waals surface area (Å²) in [4.78, 5) is 21.4. The number of ether oxygens (including phenoxy) is 2. The minimum absolute atomic E-state index is 0.0198. The number of benzene rings is 1. The molecule has 2 aliphatic rings. The van der Waals surface area contributed by atoms with E-state index in [0.29, 0.717) is 33.7 Å². The summed E-state index contributed by atoms with van der Waals surface area (Å²) in [5, 5.41) is 9.44. The molecule has 2 heterocycles. The van der Waals surface area contributed by atoms with Crippen molar-refractivity contribution in [1.29, 1.82) is 5.26 Å². The second-order valence-corrected chi connectivity index (χ2v) is 8.10. The van der Waals surface area contributed by atoms with Crippen LogP contribution in [0.1, 0.15) is 39.2 Å². The molecule has 0 saturated heterocycles. The van der Waals surface area contributed by atoms with Crippen LogP contribution in [0.5, 0.6) is 0 Å². The van der Waals surface area contributed by atoms with Gasteiger partial charge in [-0.15, -0.1) is 0 Å². The molecule has 1 aliphatic heterocycles. The summed E-state index contributed by atoms with van der Waals surface area (Å²) in [5.74, 6) is -0.403. The lowest BCUT2D eigenvalue weighted by atomic mass is 9.84. The predicted molar refractivity (Wildman–Crippen MR) is 111 cm³/mol. The van der Waals surface area contributed by atoms with Crippen LogP contribution in [0.3, 0.4) is 0 Å². The van der Waals surface area contributed by atoms with Gasteiger partial charge in [0.05, 0.1) is 12.2 Å². The number of amidine groups is 1. The molecule has 0 spiro atoms. The Morgan fingerprint density at radius 1 is 1.48 bits per heavy atom. The quantitative estimate of drug-likeness (QED) is 0.660. The highest BCUT2D eigenvalue weighted by Crippen LogP contribution is 2.54. The predicted octanol–water partition coefficient (Wildman–Crippen LogP) is 3.08. The van der Waals surface area contributed by atoms with Crippen LogP contribution in [0.2, 0.25) is 5.02 Å². The number of hydrogen-bond acceptors (Lipinski definition) is 7. The number of carbonyl (C=O) groups excluding carboxylic acids is 1. The van der Waals surface area contributed by atoms with E-state index in [0.717, 1.165) is 0 Å². The highest BCUT2D eigenvalue weighted by molar-refractivity contribution is 6.31. The number of carbonyl (C=O) groups is 1. The smallest absolute Gasteiger partial charge is 0.283 e. The number of nitrogens with two attached hydrogens (primary N) is 1. The first-order valence-corrected chi connectivity index (χ1v) is 10.1. The molecule has 0 amide bonds. The van der Waals surface area contributed by atoms with E-state index in [-0.39, 0.29) is 42.5 Å². The number of rotatable bonds is 7. The summed E-state index contributed by atoms with van der Waals surface area (Å²) in [6.07, 6.45) is 1.84. The standard InChI is InChI=1S/C22H20ClFN4O3/c1-30-10-14-4-13(8-25)9-27-20(14)18(29)6-12-2-3-17(23)15(5-12)22(11-24)16-7-19(16)31-21(26)28-22/h2-5,9,16,19H,6-7,10-11H2,1H3,(H2,26,28)/t16-,19+,22+/m0/s1. The molecule has 7 nitrogen and oxygen atoms in total. The van der Waals surface area contributed by atoms with Crippen molar-refractivity contribution in [3.63, 3.8) is 0 Å². The average Bonchev–Trinajstić information content (AvgIpc) is 3.54. The molecule has 3 atom stereocenters. The van der Waals surface area contributed by atoms with Gasteiger partial charge in [0.1, 0.15) is 30.1 Å². The van der Waals surface area contributed by atoms with Gasteiger partial charge in [-0.2, -0.15) is 5.26 Å². The Balaban J connectivity index is 1.67. The number of aromatic nitrogens is 1. The second-order valence-electron chi connectivity index (χ2n) is 7.70. The highest BCUT2D eigenvalue weighted by atomic mass is 35.5. The molecule has 160 valence electrons. The minimum Gasteiger partial charge on any atom is -0.462 e. The van der Waals surface area contributed by atoms with Gasteiger partial charge in [0.15, 0.2) is 5.78 Å². The van der Waals surface area contributed by atoms with Crippen molar-refractivity contribution < 1.29 is 18.7 Å². The third kappa shape index (κ3) is 3.87. The average molecular weight is 443 g/mol. The number of Topliss-reactive ketones (excluding diaryl/α,β-unsaturated/α-hetero) is 1. The zero-order chi connectivity index (χ0) is 22.2. The van der Waals surface area contributed by atoms with Gasteiger partial charge in [-0.25, -0.2) is 9.38 Å². The molecule has 0 bridgehead atoms. The zero-order valence-electron chi connectivity index (χ0n) is 16.8. The van der Waals surface area contributed by atoms with Gasteiger partial charge in [-0.05, 0) is 24.1 Å². The molecule has 0 radical (unpaired) electrons. The molecule has 31 heavy (non-hydrogen) atoms. The van der Waals surface area contributed by atoms with Crippen molar-refractivity contribution in [1.82, 2.24) is 4.98 Å². The number of pyridine rings is 1. The number of aliphatic imine (C=N–C) groups is 1. The molecular weight excluding hydrogens is 423 g/mol. The maximum absolute atomic E-state index is 14.3. The molecule has 1 saturated carbocycles. The number of halogens is 2. The van der Waals surface area contributed by atoms with E-state index in [1.54, 1.807) is 24.3 Å². The Labute approximate surface area is 183 Å². The maximum Gasteiger partial charge on any atom is 0.283 e. The van der Waals surface area contributed by atoms with E-state index in [4.69, 9.17) is 32.1 Å². The van der Waals surface area contributed by atoms with Gasteiger partial charge in [0, 0.05) is 41.8 Å². The molecule has 9 heteroatoms. The largest absolute Gasteiger partial charge is 0.462 e. The molecule has 2 aromatic rings. The van der Waals surface area contributed by atoms with E-state index in [2.05, 4.69) is 9.98 Å². The second kappa shape index (κ2) is 8.25. The summed E-state index contributed by atoms with van der Waals surface area (Å²) >= 11 is 6.42. The zero-order valence-corrected chi connectivity index (χ0v) is 17.5. The Morgan fingerprint density at radius 2 is 2.29 bits per heavy atom. The lowest BCUT2D eigenvalue weighted by Gasteiger charge is -2.32. The first kappa shape index (κ1) is 21.2. The molecular formula is C22H20ClFN4O3. The number of ketones is 1. The number of hydrogen-bond donors (Lipinski definition) is 1. The van der Waals surface area contributed by atoms with Crippen LogP contribution in [0, 0.1) is 17.2 Å². The Bertz CT molecular complexity index is 1120. The monoisotopic (exact) mass is 442 g/mol. The van der Waals surface area contributed by atoms with Crippen LogP contribution >= 0.6 is 11.6 Å². The van der Waals surface area contributed by atoms with Crippen LogP contribution in [-0.2, 0) is 28.0 Å². The summed E-state index contributed by atoms with van der Waals surface area (Å²) in [5.41, 5.74) is 6.80. The summed E-state index contributed by atoms with van der Waals surface area (Å²) in [6, 6.07) is 8.59. The van der Waals surface area contributed by atoms with Gasteiger partial charge < -0.3 is 15.2 Å². The topological polar surface area (TPSA) is 111 Å². The lowest BCUT2D eigenvalue weighted by molar-refractivity contribution is 0.0982. The fourth-order valence-corrected chi connectivity index (χ4v) is 4.38. The van der Waals surface area contributed by atoms with Gasteiger partial charge in [-0.1, -0.05) is 23.7 Å². The fraction of sp³-hybridized carbons (Fsp3) is 0.364. The number of alkyl halides is 1. The van der Waals surface area contributed by atoms with Gasteiger partial charge in [-0.3, -0.25) is 9.78 Å². The third-order valence-corrected chi connectivity index (χ3v) is 5.98. The van der Waals surface area contributed by atoms with Crippen LogP contribution in [0.15, 0.2) is 35.5 Å². The fourth-order valence-electron chi connectivity index (χ4n) is 4.10. The van der Waals surface area contributed by atoms with E-state index < -0.39 is 12.2 Å².